The van der Waals surface area contributed by atoms with Gasteiger partial charge in [0.1, 0.15) is 6.61 Å². The smallest absolute Gasteiger partial charge is 0.311 e. The molecule has 0 amide bonds. The lowest BCUT2D eigenvalue weighted by Gasteiger charge is -2.30. The van der Waals surface area contributed by atoms with Gasteiger partial charge in [0.25, 0.3) is 0 Å². The third-order valence-electron chi connectivity index (χ3n) is 4.07. The van der Waals surface area contributed by atoms with E-state index in [1.807, 2.05) is 41.5 Å². The standard InChI is InChI=1S/C20H39NO4/c1-10-20(9,17(23)25-14-18(3,4)5)13-15(2)16(22)24-12-11-21-19(6,7)8/h15,21H,10-14H2,1-9H3. The highest BCUT2D eigenvalue weighted by Gasteiger charge is 2.37. The fourth-order valence-corrected chi connectivity index (χ4v) is 2.31. The SMILES string of the molecule is CCC(C)(CC(C)C(=O)OCCNC(C)(C)C)C(=O)OCC(C)(C)C. The Hall–Kier alpha value is -1.10. The van der Waals surface area contributed by atoms with Crippen molar-refractivity contribution in [2.45, 2.75) is 80.7 Å². The molecular formula is C20H39NO4. The van der Waals surface area contributed by atoms with Gasteiger partial charge in [-0.3, -0.25) is 9.59 Å². The van der Waals surface area contributed by atoms with Gasteiger partial charge in [-0.15, -0.1) is 0 Å². The molecule has 0 aromatic heterocycles. The molecule has 0 aromatic carbocycles. The van der Waals surface area contributed by atoms with Crippen LogP contribution in [0, 0.1) is 16.7 Å². The largest absolute Gasteiger partial charge is 0.465 e. The predicted molar refractivity (Wildman–Crippen MR) is 101 cm³/mol. The monoisotopic (exact) mass is 357 g/mol. The Morgan fingerprint density at radius 2 is 1.56 bits per heavy atom. The highest BCUT2D eigenvalue weighted by molar-refractivity contribution is 5.78. The van der Waals surface area contributed by atoms with E-state index in [1.54, 1.807) is 0 Å². The van der Waals surface area contributed by atoms with Crippen LogP contribution >= 0.6 is 0 Å². The normalized spacial score (nSPS) is 16.0. The predicted octanol–water partition coefficient (Wildman–Crippen LogP) is 3.95. The van der Waals surface area contributed by atoms with E-state index in [0.29, 0.717) is 32.6 Å². The van der Waals surface area contributed by atoms with Gasteiger partial charge in [-0.2, -0.15) is 0 Å². The summed E-state index contributed by atoms with van der Waals surface area (Å²) in [4.78, 5) is 24.7. The minimum absolute atomic E-state index is 0.00435. The lowest BCUT2D eigenvalue weighted by molar-refractivity contribution is -0.161. The van der Waals surface area contributed by atoms with Gasteiger partial charge in [0.2, 0.25) is 0 Å². The molecule has 0 saturated carbocycles. The van der Waals surface area contributed by atoms with Crippen molar-refractivity contribution in [2.75, 3.05) is 19.8 Å². The fourth-order valence-electron chi connectivity index (χ4n) is 2.31. The van der Waals surface area contributed by atoms with Crippen LogP contribution in [0.15, 0.2) is 0 Å². The molecule has 5 nitrogen and oxygen atoms in total. The Kier molecular flexibility index (Phi) is 9.14. The van der Waals surface area contributed by atoms with Crippen molar-refractivity contribution in [1.82, 2.24) is 5.32 Å². The van der Waals surface area contributed by atoms with Crippen molar-refractivity contribution in [2.24, 2.45) is 16.7 Å². The maximum atomic E-state index is 12.5. The highest BCUT2D eigenvalue weighted by Crippen LogP contribution is 2.32. The number of hydrogen-bond acceptors (Lipinski definition) is 5. The molecule has 0 aliphatic carbocycles. The number of carbonyl (C=O) groups excluding carboxylic acids is 2. The summed E-state index contributed by atoms with van der Waals surface area (Å²) in [5.74, 6) is -0.847. The van der Waals surface area contributed by atoms with Crippen LogP contribution in [-0.2, 0) is 19.1 Å². The first-order chi connectivity index (χ1) is 11.2. The Balaban J connectivity index is 4.52. The van der Waals surface area contributed by atoms with Gasteiger partial charge in [-0.25, -0.2) is 0 Å². The molecule has 0 heterocycles. The number of hydrogen-bond donors (Lipinski definition) is 1. The molecule has 0 bridgehead atoms. The Bertz CT molecular complexity index is 434. The van der Waals surface area contributed by atoms with E-state index in [1.165, 1.54) is 0 Å². The third-order valence-corrected chi connectivity index (χ3v) is 4.07. The zero-order valence-corrected chi connectivity index (χ0v) is 17.7. The van der Waals surface area contributed by atoms with Gasteiger partial charge >= 0.3 is 11.9 Å². The minimum atomic E-state index is -0.673. The van der Waals surface area contributed by atoms with Crippen LogP contribution in [0.5, 0.6) is 0 Å². The molecule has 0 saturated heterocycles. The second-order valence-electron chi connectivity index (χ2n) is 9.50. The second kappa shape index (κ2) is 9.56. The van der Waals surface area contributed by atoms with E-state index in [-0.39, 0.29) is 28.8 Å². The summed E-state index contributed by atoms with van der Waals surface area (Å²) in [6.45, 7) is 19.2. The van der Waals surface area contributed by atoms with E-state index in [0.717, 1.165) is 0 Å². The van der Waals surface area contributed by atoms with E-state index in [4.69, 9.17) is 9.47 Å². The highest BCUT2D eigenvalue weighted by atomic mass is 16.5. The first-order valence-corrected chi connectivity index (χ1v) is 9.29. The van der Waals surface area contributed by atoms with Gasteiger partial charge in [-0.05, 0) is 46.0 Å². The van der Waals surface area contributed by atoms with Crippen LogP contribution in [0.25, 0.3) is 0 Å². The van der Waals surface area contributed by atoms with E-state index in [9.17, 15) is 9.59 Å². The molecule has 0 rings (SSSR count). The average molecular weight is 358 g/mol. The number of rotatable bonds is 9. The minimum Gasteiger partial charge on any atom is -0.465 e. The summed E-state index contributed by atoms with van der Waals surface area (Å²) in [6.07, 6.45) is 1.05. The summed E-state index contributed by atoms with van der Waals surface area (Å²) >= 11 is 0. The van der Waals surface area contributed by atoms with Crippen LogP contribution in [0.1, 0.15) is 75.2 Å². The van der Waals surface area contributed by atoms with Crippen molar-refractivity contribution < 1.29 is 19.1 Å². The molecule has 2 unspecified atom stereocenters. The summed E-state index contributed by atoms with van der Waals surface area (Å²) in [6, 6.07) is 0. The number of esters is 2. The lowest BCUT2D eigenvalue weighted by atomic mass is 9.79. The van der Waals surface area contributed by atoms with Crippen molar-refractivity contribution >= 4 is 11.9 Å². The molecule has 1 N–H and O–H groups in total. The topological polar surface area (TPSA) is 64.6 Å². The summed E-state index contributed by atoms with van der Waals surface area (Å²) in [5, 5.41) is 3.27. The Morgan fingerprint density at radius 3 is 2.00 bits per heavy atom. The van der Waals surface area contributed by atoms with Crippen LogP contribution < -0.4 is 5.32 Å². The quantitative estimate of drug-likeness (QED) is 0.500. The molecule has 0 radical (unpaired) electrons. The third kappa shape index (κ3) is 10.5. The molecule has 0 aliphatic heterocycles. The maximum Gasteiger partial charge on any atom is 0.311 e. The first kappa shape index (κ1) is 23.9. The number of nitrogens with one attached hydrogen (secondary N) is 1. The number of ether oxygens (including phenoxy) is 2. The zero-order chi connectivity index (χ0) is 19.9. The van der Waals surface area contributed by atoms with E-state index in [2.05, 4.69) is 26.1 Å². The van der Waals surface area contributed by atoms with Crippen LogP contribution in [-0.4, -0.2) is 37.2 Å². The van der Waals surface area contributed by atoms with Crippen molar-refractivity contribution in [3.63, 3.8) is 0 Å². The van der Waals surface area contributed by atoms with Gasteiger partial charge in [0.05, 0.1) is 17.9 Å². The van der Waals surface area contributed by atoms with Crippen LogP contribution in [0.4, 0.5) is 0 Å². The molecular weight excluding hydrogens is 318 g/mol. The molecule has 25 heavy (non-hydrogen) atoms. The molecule has 148 valence electrons. The van der Waals surface area contributed by atoms with E-state index < -0.39 is 5.41 Å². The molecule has 0 fully saturated rings. The van der Waals surface area contributed by atoms with Gasteiger partial charge in [-0.1, -0.05) is 34.6 Å². The number of carbonyl (C=O) groups is 2. The first-order valence-electron chi connectivity index (χ1n) is 9.29. The molecule has 0 aliphatic rings. The van der Waals surface area contributed by atoms with Gasteiger partial charge < -0.3 is 14.8 Å². The average Bonchev–Trinajstić information content (AvgIpc) is 2.46. The second-order valence-corrected chi connectivity index (χ2v) is 9.50. The van der Waals surface area contributed by atoms with Crippen molar-refractivity contribution in [1.29, 1.82) is 0 Å². The van der Waals surface area contributed by atoms with E-state index >= 15 is 0 Å². The Morgan fingerprint density at radius 1 is 1.00 bits per heavy atom. The lowest BCUT2D eigenvalue weighted by Crippen LogP contribution is -2.39. The summed E-state index contributed by atoms with van der Waals surface area (Å²) in [7, 11) is 0. The van der Waals surface area contributed by atoms with Crippen LogP contribution in [0.3, 0.4) is 0 Å². The Labute approximate surface area is 154 Å². The van der Waals surface area contributed by atoms with Gasteiger partial charge in [0, 0.05) is 12.1 Å². The van der Waals surface area contributed by atoms with Crippen molar-refractivity contribution in [3.8, 4) is 0 Å². The summed E-state index contributed by atoms with van der Waals surface area (Å²) < 4.78 is 10.8. The van der Waals surface area contributed by atoms with Gasteiger partial charge in [0.15, 0.2) is 0 Å². The molecule has 0 spiro atoms. The van der Waals surface area contributed by atoms with Crippen molar-refractivity contribution in [3.05, 3.63) is 0 Å². The molecule has 5 heteroatoms. The fraction of sp³-hybridized carbons (Fsp3) is 0.900. The van der Waals surface area contributed by atoms with Crippen LogP contribution in [0.2, 0.25) is 0 Å². The molecule has 2 atom stereocenters. The molecule has 0 aromatic rings. The zero-order valence-electron chi connectivity index (χ0n) is 17.7. The summed E-state index contributed by atoms with van der Waals surface area (Å²) in [5.41, 5.74) is -0.752. The maximum absolute atomic E-state index is 12.5.